The first-order valence-electron chi connectivity index (χ1n) is 9.03. The molecule has 0 aliphatic carbocycles. The van der Waals surface area contributed by atoms with E-state index in [9.17, 15) is 18.3 Å². The number of hydrogen-bond acceptors (Lipinski definition) is 4. The van der Waals surface area contributed by atoms with E-state index in [4.69, 9.17) is 4.74 Å². The van der Waals surface area contributed by atoms with Gasteiger partial charge in [0.2, 0.25) is 0 Å². The van der Waals surface area contributed by atoms with Gasteiger partial charge in [-0.25, -0.2) is 4.98 Å². The second kappa shape index (κ2) is 9.07. The number of aromatic nitrogens is 2. The number of benzene rings is 2. The third kappa shape index (κ3) is 5.24. The smallest absolute Gasteiger partial charge is 0.419 e. The molecule has 2 aromatic carbocycles. The van der Waals surface area contributed by atoms with Crippen LogP contribution in [0.2, 0.25) is 0 Å². The van der Waals surface area contributed by atoms with Gasteiger partial charge in [-0.1, -0.05) is 24.3 Å². The first-order chi connectivity index (χ1) is 13.4. The topological polar surface area (TPSA) is 59.3 Å². The normalized spacial score (nSPS) is 13.0. The lowest BCUT2D eigenvalue weighted by atomic mass is 10.2. The van der Waals surface area contributed by atoms with Gasteiger partial charge in [-0.2, -0.15) is 13.2 Å². The molecule has 5 nitrogen and oxygen atoms in total. The molecule has 0 spiro atoms. The molecule has 0 saturated heterocycles. The number of aliphatic hydroxyl groups excluding tert-OH is 1. The van der Waals surface area contributed by atoms with E-state index in [0.717, 1.165) is 30.1 Å². The Bertz CT molecular complexity index is 896. The van der Waals surface area contributed by atoms with E-state index in [1.165, 1.54) is 18.2 Å². The Labute approximate surface area is 160 Å². The minimum atomic E-state index is -4.49. The number of aryl methyl sites for hydroxylation is 1. The molecule has 0 saturated carbocycles. The molecule has 0 bridgehead atoms. The highest BCUT2D eigenvalue weighted by Crippen LogP contribution is 2.35. The van der Waals surface area contributed by atoms with E-state index in [1.54, 1.807) is 6.33 Å². The minimum Gasteiger partial charge on any atom is -0.490 e. The Hall–Kier alpha value is -2.58. The number of alkyl halides is 3. The van der Waals surface area contributed by atoms with Crippen LogP contribution in [0.5, 0.6) is 5.75 Å². The average Bonchev–Trinajstić information content (AvgIpc) is 3.09. The number of ether oxygens (including phenoxy) is 1. The maximum absolute atomic E-state index is 12.9. The van der Waals surface area contributed by atoms with Crippen molar-refractivity contribution >= 4 is 11.0 Å². The number of imidazole rings is 1. The van der Waals surface area contributed by atoms with E-state index in [2.05, 4.69) is 14.9 Å². The molecule has 0 aliphatic rings. The number of halogens is 3. The summed E-state index contributed by atoms with van der Waals surface area (Å²) in [6, 6.07) is 12.8. The molecule has 3 aromatic rings. The Morgan fingerprint density at radius 1 is 1.11 bits per heavy atom. The fourth-order valence-corrected chi connectivity index (χ4v) is 2.90. The van der Waals surface area contributed by atoms with E-state index in [-0.39, 0.29) is 18.9 Å². The lowest BCUT2D eigenvalue weighted by molar-refractivity contribution is -0.139. The molecule has 1 aromatic heterocycles. The number of para-hydroxylation sites is 3. The third-order valence-electron chi connectivity index (χ3n) is 4.28. The molecule has 2 N–H and O–H groups in total. The maximum Gasteiger partial charge on any atom is 0.419 e. The summed E-state index contributed by atoms with van der Waals surface area (Å²) in [5.41, 5.74) is 1.17. The lowest BCUT2D eigenvalue weighted by Gasteiger charge is -2.16. The Kier molecular flexibility index (Phi) is 6.53. The van der Waals surface area contributed by atoms with Crippen LogP contribution in [0.25, 0.3) is 11.0 Å². The molecule has 0 amide bonds. The Morgan fingerprint density at radius 3 is 2.68 bits per heavy atom. The average molecular weight is 393 g/mol. The third-order valence-corrected chi connectivity index (χ3v) is 4.28. The summed E-state index contributed by atoms with van der Waals surface area (Å²) in [6.45, 7) is 1.45. The van der Waals surface area contributed by atoms with Crippen LogP contribution in [-0.4, -0.2) is 40.5 Å². The molecular formula is C20H22F3N3O2. The van der Waals surface area contributed by atoms with E-state index < -0.39 is 17.8 Å². The highest BCUT2D eigenvalue weighted by Gasteiger charge is 2.34. The highest BCUT2D eigenvalue weighted by molar-refractivity contribution is 5.74. The molecular weight excluding hydrogens is 371 g/mol. The molecule has 0 radical (unpaired) electrons. The van der Waals surface area contributed by atoms with Crippen LogP contribution in [0, 0.1) is 0 Å². The molecule has 28 heavy (non-hydrogen) atoms. The fourth-order valence-electron chi connectivity index (χ4n) is 2.90. The number of fused-ring (bicyclic) bond motifs is 1. The van der Waals surface area contributed by atoms with Crippen LogP contribution >= 0.6 is 0 Å². The van der Waals surface area contributed by atoms with Gasteiger partial charge in [-0.3, -0.25) is 0 Å². The molecule has 3 rings (SSSR count). The zero-order valence-corrected chi connectivity index (χ0v) is 15.2. The van der Waals surface area contributed by atoms with Gasteiger partial charge in [0, 0.05) is 13.1 Å². The van der Waals surface area contributed by atoms with Crippen molar-refractivity contribution in [3.05, 3.63) is 60.4 Å². The van der Waals surface area contributed by atoms with Crippen LogP contribution in [0.1, 0.15) is 12.0 Å². The summed E-state index contributed by atoms with van der Waals surface area (Å²) in [6.07, 6.45) is -2.77. The minimum absolute atomic E-state index is 0.216. The van der Waals surface area contributed by atoms with Gasteiger partial charge in [0.05, 0.1) is 22.9 Å². The van der Waals surface area contributed by atoms with Crippen LogP contribution in [0.15, 0.2) is 54.9 Å². The van der Waals surface area contributed by atoms with E-state index in [1.807, 2.05) is 24.3 Å². The monoisotopic (exact) mass is 393 g/mol. The number of rotatable bonds is 9. The number of hydrogen-bond donors (Lipinski definition) is 2. The maximum atomic E-state index is 12.9. The zero-order chi connectivity index (χ0) is 20.0. The van der Waals surface area contributed by atoms with Crippen molar-refractivity contribution in [3.8, 4) is 5.75 Å². The van der Waals surface area contributed by atoms with E-state index in [0.29, 0.717) is 6.54 Å². The lowest BCUT2D eigenvalue weighted by Crippen LogP contribution is -2.32. The molecule has 150 valence electrons. The number of nitrogens with one attached hydrogen (secondary N) is 1. The number of nitrogens with zero attached hydrogens (tertiary/aromatic N) is 2. The van der Waals surface area contributed by atoms with Crippen molar-refractivity contribution in [2.45, 2.75) is 25.2 Å². The van der Waals surface area contributed by atoms with Gasteiger partial charge < -0.3 is 19.7 Å². The molecule has 0 aliphatic heterocycles. The SMILES string of the molecule is OC(CNCCCn1cnc2ccccc21)COc1ccccc1C(F)(F)F. The zero-order valence-electron chi connectivity index (χ0n) is 15.2. The summed E-state index contributed by atoms with van der Waals surface area (Å²) in [7, 11) is 0. The van der Waals surface area contributed by atoms with E-state index >= 15 is 0 Å². The van der Waals surface area contributed by atoms with Crippen LogP contribution in [0.3, 0.4) is 0 Å². The molecule has 1 heterocycles. The van der Waals surface area contributed by atoms with Crippen molar-refractivity contribution in [1.82, 2.24) is 14.9 Å². The van der Waals surface area contributed by atoms with Gasteiger partial charge in [0.15, 0.2) is 0 Å². The van der Waals surface area contributed by atoms with Crippen molar-refractivity contribution in [1.29, 1.82) is 0 Å². The first-order valence-corrected chi connectivity index (χ1v) is 9.03. The summed E-state index contributed by atoms with van der Waals surface area (Å²) in [5.74, 6) is -0.277. The quantitative estimate of drug-likeness (QED) is 0.547. The standard InChI is InChI=1S/C20H22F3N3O2/c21-20(22,23)16-6-1-4-9-19(16)28-13-15(27)12-24-10-5-11-26-14-25-17-7-2-3-8-18(17)26/h1-4,6-9,14-15,24,27H,5,10-13H2. The molecule has 1 atom stereocenters. The first kappa shape index (κ1) is 20.2. The molecule has 8 heteroatoms. The summed E-state index contributed by atoms with van der Waals surface area (Å²) in [4.78, 5) is 4.33. The van der Waals surface area contributed by atoms with Crippen molar-refractivity contribution in [3.63, 3.8) is 0 Å². The Morgan fingerprint density at radius 2 is 1.86 bits per heavy atom. The summed E-state index contributed by atoms with van der Waals surface area (Å²) >= 11 is 0. The highest BCUT2D eigenvalue weighted by atomic mass is 19.4. The predicted molar refractivity (Wildman–Crippen MR) is 100 cm³/mol. The van der Waals surface area contributed by atoms with Crippen molar-refractivity contribution in [2.75, 3.05) is 19.7 Å². The number of aliphatic hydroxyl groups is 1. The largest absolute Gasteiger partial charge is 0.490 e. The van der Waals surface area contributed by atoms with Crippen molar-refractivity contribution in [2.24, 2.45) is 0 Å². The van der Waals surface area contributed by atoms with Gasteiger partial charge in [-0.15, -0.1) is 0 Å². The molecule has 1 unspecified atom stereocenters. The molecule has 0 fully saturated rings. The van der Waals surface area contributed by atoms with Crippen LogP contribution in [0.4, 0.5) is 13.2 Å². The second-order valence-electron chi connectivity index (χ2n) is 6.44. The van der Waals surface area contributed by atoms with Gasteiger partial charge >= 0.3 is 6.18 Å². The van der Waals surface area contributed by atoms with Gasteiger partial charge in [0.25, 0.3) is 0 Å². The fraction of sp³-hybridized carbons (Fsp3) is 0.350. The predicted octanol–water partition coefficient (Wildman–Crippen LogP) is 3.47. The van der Waals surface area contributed by atoms with Gasteiger partial charge in [-0.05, 0) is 37.2 Å². The summed E-state index contributed by atoms with van der Waals surface area (Å²) in [5, 5.41) is 13.0. The van der Waals surface area contributed by atoms with Gasteiger partial charge in [0.1, 0.15) is 18.5 Å². The van der Waals surface area contributed by atoms with Crippen LogP contribution in [-0.2, 0) is 12.7 Å². The summed E-state index contributed by atoms with van der Waals surface area (Å²) < 4.78 is 46.0. The van der Waals surface area contributed by atoms with Crippen LogP contribution < -0.4 is 10.1 Å². The second-order valence-corrected chi connectivity index (χ2v) is 6.44. The van der Waals surface area contributed by atoms with Crippen molar-refractivity contribution < 1.29 is 23.0 Å². The Balaban J connectivity index is 1.38.